The number of rotatable bonds is 2. The maximum Gasteiger partial charge on any atom is 0.0496 e. The summed E-state index contributed by atoms with van der Waals surface area (Å²) in [5.74, 6) is 0.597. The molecule has 2 N–H and O–H groups in total. The van der Waals surface area contributed by atoms with E-state index in [1.54, 1.807) is 0 Å². The first kappa shape index (κ1) is 13.6. The zero-order chi connectivity index (χ0) is 13.1. The van der Waals surface area contributed by atoms with E-state index in [4.69, 9.17) is 5.73 Å². The van der Waals surface area contributed by atoms with Gasteiger partial charge in [0, 0.05) is 12.1 Å². The van der Waals surface area contributed by atoms with E-state index < -0.39 is 0 Å². The van der Waals surface area contributed by atoms with Crippen molar-refractivity contribution < 1.29 is 0 Å². The molecule has 2 nitrogen and oxygen atoms in total. The number of hydrogen-bond donors (Lipinski definition) is 1. The molecule has 0 amide bonds. The third-order valence-corrected chi connectivity index (χ3v) is 4.12. The SMILES string of the molecule is CC(C)c1ccc(C2C(N)CCCCN2C)cc1. The van der Waals surface area contributed by atoms with Crippen LogP contribution in [0.4, 0.5) is 0 Å². The third kappa shape index (κ3) is 2.93. The highest BCUT2D eigenvalue weighted by Gasteiger charge is 2.26. The molecule has 2 unspecified atom stereocenters. The fraction of sp³-hybridized carbons (Fsp3) is 0.625. The maximum atomic E-state index is 6.36. The van der Waals surface area contributed by atoms with Crippen molar-refractivity contribution in [1.29, 1.82) is 0 Å². The second-order valence-corrected chi connectivity index (χ2v) is 5.91. The van der Waals surface area contributed by atoms with Gasteiger partial charge in [-0.15, -0.1) is 0 Å². The lowest BCUT2D eigenvalue weighted by molar-refractivity contribution is 0.230. The van der Waals surface area contributed by atoms with Crippen LogP contribution >= 0.6 is 0 Å². The summed E-state index contributed by atoms with van der Waals surface area (Å²) in [5.41, 5.74) is 9.14. The van der Waals surface area contributed by atoms with Crippen molar-refractivity contribution >= 4 is 0 Å². The fourth-order valence-electron chi connectivity index (χ4n) is 2.94. The molecule has 1 aliphatic heterocycles. The number of likely N-dealkylation sites (N-methyl/N-ethyl adjacent to an activating group) is 1. The van der Waals surface area contributed by atoms with Gasteiger partial charge in [-0.05, 0) is 43.5 Å². The largest absolute Gasteiger partial charge is 0.326 e. The van der Waals surface area contributed by atoms with Gasteiger partial charge in [-0.2, -0.15) is 0 Å². The molecule has 0 radical (unpaired) electrons. The van der Waals surface area contributed by atoms with Gasteiger partial charge in [-0.3, -0.25) is 4.90 Å². The van der Waals surface area contributed by atoms with Gasteiger partial charge in [0.05, 0.1) is 0 Å². The minimum Gasteiger partial charge on any atom is -0.326 e. The van der Waals surface area contributed by atoms with Crippen LogP contribution in [-0.4, -0.2) is 24.5 Å². The van der Waals surface area contributed by atoms with E-state index in [9.17, 15) is 0 Å². The molecule has 2 heteroatoms. The molecule has 0 aliphatic carbocycles. The molecule has 0 spiro atoms. The summed E-state index contributed by atoms with van der Waals surface area (Å²) < 4.78 is 0. The molecular weight excluding hydrogens is 220 g/mol. The second-order valence-electron chi connectivity index (χ2n) is 5.91. The summed E-state index contributed by atoms with van der Waals surface area (Å²) in [5, 5.41) is 0. The lowest BCUT2D eigenvalue weighted by Crippen LogP contribution is -2.37. The van der Waals surface area contributed by atoms with E-state index in [1.807, 2.05) is 0 Å². The average Bonchev–Trinajstić information content (AvgIpc) is 2.51. The van der Waals surface area contributed by atoms with Crippen LogP contribution in [0.1, 0.15) is 56.2 Å². The second kappa shape index (κ2) is 5.85. The van der Waals surface area contributed by atoms with E-state index in [2.05, 4.69) is 50.1 Å². The van der Waals surface area contributed by atoms with E-state index >= 15 is 0 Å². The summed E-state index contributed by atoms with van der Waals surface area (Å²) in [6.45, 7) is 5.63. The van der Waals surface area contributed by atoms with Crippen molar-refractivity contribution in [1.82, 2.24) is 4.90 Å². The monoisotopic (exact) mass is 246 g/mol. The Morgan fingerprint density at radius 3 is 2.44 bits per heavy atom. The first-order chi connectivity index (χ1) is 8.59. The minimum atomic E-state index is 0.266. The molecule has 0 aromatic heterocycles. The average molecular weight is 246 g/mol. The zero-order valence-corrected chi connectivity index (χ0v) is 11.9. The summed E-state index contributed by atoms with van der Waals surface area (Å²) >= 11 is 0. The van der Waals surface area contributed by atoms with E-state index in [0.717, 1.165) is 13.0 Å². The summed E-state index contributed by atoms with van der Waals surface area (Å²) in [6, 6.07) is 9.69. The van der Waals surface area contributed by atoms with E-state index in [1.165, 1.54) is 24.0 Å². The van der Waals surface area contributed by atoms with Crippen molar-refractivity contribution in [3.63, 3.8) is 0 Å². The van der Waals surface area contributed by atoms with Crippen molar-refractivity contribution in [2.45, 2.75) is 51.1 Å². The van der Waals surface area contributed by atoms with Crippen molar-refractivity contribution in [3.8, 4) is 0 Å². The van der Waals surface area contributed by atoms with E-state index in [0.29, 0.717) is 12.0 Å². The standard InChI is InChI=1S/C16H26N2/c1-12(2)13-7-9-14(10-8-13)16-15(17)6-4-5-11-18(16)3/h7-10,12,15-16H,4-6,11,17H2,1-3H3. The van der Waals surface area contributed by atoms with Gasteiger partial charge in [0.2, 0.25) is 0 Å². The van der Waals surface area contributed by atoms with Crippen LogP contribution in [0.25, 0.3) is 0 Å². The lowest BCUT2D eigenvalue weighted by atomic mass is 9.94. The molecule has 1 aliphatic rings. The Morgan fingerprint density at radius 2 is 1.83 bits per heavy atom. The van der Waals surface area contributed by atoms with Crippen molar-refractivity contribution in [2.75, 3.05) is 13.6 Å². The van der Waals surface area contributed by atoms with Gasteiger partial charge >= 0.3 is 0 Å². The third-order valence-electron chi connectivity index (χ3n) is 4.12. The number of hydrogen-bond acceptors (Lipinski definition) is 2. The van der Waals surface area contributed by atoms with Crippen LogP contribution in [0, 0.1) is 0 Å². The Bertz CT molecular complexity index is 357. The Kier molecular flexibility index (Phi) is 4.41. The highest BCUT2D eigenvalue weighted by Crippen LogP contribution is 2.29. The predicted octanol–water partition coefficient (Wildman–Crippen LogP) is 3.29. The molecule has 100 valence electrons. The molecule has 18 heavy (non-hydrogen) atoms. The molecule has 0 bridgehead atoms. The summed E-state index contributed by atoms with van der Waals surface area (Å²) in [7, 11) is 2.20. The van der Waals surface area contributed by atoms with Crippen LogP contribution in [0.5, 0.6) is 0 Å². The van der Waals surface area contributed by atoms with Crippen LogP contribution in [-0.2, 0) is 0 Å². The molecule has 1 aromatic carbocycles. The van der Waals surface area contributed by atoms with Crippen LogP contribution in [0.3, 0.4) is 0 Å². The number of benzene rings is 1. The van der Waals surface area contributed by atoms with Gasteiger partial charge < -0.3 is 5.73 Å². The molecule has 2 atom stereocenters. The van der Waals surface area contributed by atoms with Crippen molar-refractivity contribution in [3.05, 3.63) is 35.4 Å². The van der Waals surface area contributed by atoms with Crippen LogP contribution in [0.15, 0.2) is 24.3 Å². The molecule has 1 fully saturated rings. The van der Waals surface area contributed by atoms with Gasteiger partial charge in [0.25, 0.3) is 0 Å². The number of likely N-dealkylation sites (tertiary alicyclic amines) is 1. The van der Waals surface area contributed by atoms with Gasteiger partial charge in [-0.25, -0.2) is 0 Å². The van der Waals surface area contributed by atoms with Crippen LogP contribution < -0.4 is 5.73 Å². The highest BCUT2D eigenvalue weighted by atomic mass is 15.1. The van der Waals surface area contributed by atoms with Crippen LogP contribution in [0.2, 0.25) is 0 Å². The normalized spacial score (nSPS) is 26.3. The molecular formula is C16H26N2. The Hall–Kier alpha value is -0.860. The fourth-order valence-corrected chi connectivity index (χ4v) is 2.94. The predicted molar refractivity (Wildman–Crippen MR) is 77.7 cm³/mol. The molecule has 0 saturated carbocycles. The van der Waals surface area contributed by atoms with E-state index in [-0.39, 0.29) is 6.04 Å². The Morgan fingerprint density at radius 1 is 1.17 bits per heavy atom. The number of nitrogens with two attached hydrogens (primary N) is 1. The quantitative estimate of drug-likeness (QED) is 0.867. The van der Waals surface area contributed by atoms with Crippen molar-refractivity contribution in [2.24, 2.45) is 5.73 Å². The highest BCUT2D eigenvalue weighted by molar-refractivity contribution is 5.28. The minimum absolute atomic E-state index is 0.266. The Labute approximate surface area is 111 Å². The number of nitrogens with zero attached hydrogens (tertiary/aromatic N) is 1. The summed E-state index contributed by atoms with van der Waals surface area (Å²) in [6.07, 6.45) is 3.66. The Balaban J connectivity index is 2.22. The first-order valence-corrected chi connectivity index (χ1v) is 7.15. The summed E-state index contributed by atoms with van der Waals surface area (Å²) in [4.78, 5) is 2.42. The molecule has 1 aromatic rings. The lowest BCUT2D eigenvalue weighted by Gasteiger charge is -2.30. The molecule has 1 heterocycles. The van der Waals surface area contributed by atoms with Gasteiger partial charge in [0.15, 0.2) is 0 Å². The molecule has 2 rings (SSSR count). The van der Waals surface area contributed by atoms with Gasteiger partial charge in [0.1, 0.15) is 0 Å². The first-order valence-electron chi connectivity index (χ1n) is 7.15. The molecule has 1 saturated heterocycles. The maximum absolute atomic E-state index is 6.36. The smallest absolute Gasteiger partial charge is 0.0496 e. The zero-order valence-electron chi connectivity index (χ0n) is 11.9. The topological polar surface area (TPSA) is 29.3 Å². The van der Waals surface area contributed by atoms with Gasteiger partial charge in [-0.1, -0.05) is 44.5 Å².